The molecule has 0 radical (unpaired) electrons. The van der Waals surface area contributed by atoms with Crippen LogP contribution in [0.5, 0.6) is 0 Å². The summed E-state index contributed by atoms with van der Waals surface area (Å²) in [5, 5.41) is 17.5. The third-order valence-electron chi connectivity index (χ3n) is 2.75. The Morgan fingerprint density at radius 1 is 1.37 bits per heavy atom. The first-order chi connectivity index (χ1) is 9.20. The maximum atomic E-state index is 5.55. The van der Waals surface area contributed by atoms with Crippen LogP contribution in [0.3, 0.4) is 0 Å². The van der Waals surface area contributed by atoms with E-state index in [1.54, 1.807) is 11.3 Å². The Labute approximate surface area is 116 Å². The summed E-state index contributed by atoms with van der Waals surface area (Å²) in [6.07, 6.45) is 1.82. The quantitative estimate of drug-likeness (QED) is 0.811. The molecular weight excluding hydrogens is 262 g/mol. The van der Waals surface area contributed by atoms with E-state index in [1.807, 2.05) is 25.4 Å². The second kappa shape index (κ2) is 6.63. The standard InChI is InChI=1S/C12H19N5OS/c1-4-13-9(3)10-16-17-12(18-10)15-7-8(2)11-14-5-6-19-11/h5-6,8-9,13H,4,7H2,1-3H3,(H,15,17). The van der Waals surface area contributed by atoms with Crippen LogP contribution >= 0.6 is 11.3 Å². The average Bonchev–Trinajstić information content (AvgIpc) is 3.07. The molecule has 2 aromatic heterocycles. The van der Waals surface area contributed by atoms with E-state index in [9.17, 15) is 0 Å². The van der Waals surface area contributed by atoms with Crippen LogP contribution in [0.4, 0.5) is 6.01 Å². The predicted octanol–water partition coefficient (Wildman–Crippen LogP) is 2.41. The van der Waals surface area contributed by atoms with Gasteiger partial charge in [-0.3, -0.25) is 0 Å². The van der Waals surface area contributed by atoms with Crippen LogP contribution in [0, 0.1) is 0 Å². The molecule has 6 nitrogen and oxygen atoms in total. The number of hydrogen-bond donors (Lipinski definition) is 2. The van der Waals surface area contributed by atoms with Crippen LogP contribution in [0.2, 0.25) is 0 Å². The minimum Gasteiger partial charge on any atom is -0.406 e. The van der Waals surface area contributed by atoms with Crippen molar-refractivity contribution in [3.05, 3.63) is 22.5 Å². The highest BCUT2D eigenvalue weighted by atomic mass is 32.1. The minimum absolute atomic E-state index is 0.0736. The van der Waals surface area contributed by atoms with Crippen molar-refractivity contribution >= 4 is 17.4 Å². The number of thiazole rings is 1. The van der Waals surface area contributed by atoms with Crippen molar-refractivity contribution in [3.63, 3.8) is 0 Å². The van der Waals surface area contributed by atoms with E-state index in [0.29, 0.717) is 17.8 Å². The number of rotatable bonds is 7. The molecular formula is C12H19N5OS. The summed E-state index contributed by atoms with van der Waals surface area (Å²) in [6.45, 7) is 7.75. The van der Waals surface area contributed by atoms with Gasteiger partial charge in [0.2, 0.25) is 5.89 Å². The van der Waals surface area contributed by atoms with E-state index >= 15 is 0 Å². The van der Waals surface area contributed by atoms with Gasteiger partial charge < -0.3 is 15.1 Å². The Balaban J connectivity index is 1.86. The molecule has 0 bridgehead atoms. The Morgan fingerprint density at radius 3 is 2.89 bits per heavy atom. The average molecular weight is 281 g/mol. The van der Waals surface area contributed by atoms with Crippen molar-refractivity contribution in [2.24, 2.45) is 0 Å². The van der Waals surface area contributed by atoms with Crippen molar-refractivity contribution < 1.29 is 4.42 Å². The molecule has 104 valence electrons. The molecule has 0 spiro atoms. The van der Waals surface area contributed by atoms with Gasteiger partial charge >= 0.3 is 6.01 Å². The first-order valence-corrected chi connectivity index (χ1v) is 7.28. The molecule has 0 saturated heterocycles. The van der Waals surface area contributed by atoms with Crippen LogP contribution in [0.15, 0.2) is 16.0 Å². The van der Waals surface area contributed by atoms with Gasteiger partial charge in [-0.1, -0.05) is 18.9 Å². The molecule has 0 aliphatic carbocycles. The molecule has 2 atom stereocenters. The van der Waals surface area contributed by atoms with Gasteiger partial charge in [0.25, 0.3) is 0 Å². The number of hydrogen-bond acceptors (Lipinski definition) is 7. The number of aromatic nitrogens is 3. The van der Waals surface area contributed by atoms with Crippen molar-refractivity contribution in [3.8, 4) is 0 Å². The monoisotopic (exact) mass is 281 g/mol. The lowest BCUT2D eigenvalue weighted by molar-refractivity contribution is 0.428. The van der Waals surface area contributed by atoms with Crippen LogP contribution < -0.4 is 10.6 Å². The van der Waals surface area contributed by atoms with Gasteiger partial charge in [0, 0.05) is 24.0 Å². The molecule has 0 aliphatic heterocycles. The van der Waals surface area contributed by atoms with Crippen LogP contribution in [-0.4, -0.2) is 28.3 Å². The molecule has 7 heteroatoms. The van der Waals surface area contributed by atoms with Gasteiger partial charge in [0.05, 0.1) is 11.0 Å². The number of anilines is 1. The summed E-state index contributed by atoms with van der Waals surface area (Å²) in [5.41, 5.74) is 0. The molecule has 2 rings (SSSR count). The summed E-state index contributed by atoms with van der Waals surface area (Å²) in [7, 11) is 0. The molecule has 2 unspecified atom stereocenters. The largest absolute Gasteiger partial charge is 0.406 e. The molecule has 0 aromatic carbocycles. The molecule has 0 fully saturated rings. The molecule has 0 amide bonds. The minimum atomic E-state index is 0.0736. The fourth-order valence-electron chi connectivity index (χ4n) is 1.68. The van der Waals surface area contributed by atoms with E-state index in [-0.39, 0.29) is 6.04 Å². The second-order valence-corrected chi connectivity index (χ2v) is 5.30. The Bertz CT molecular complexity index is 484. The molecule has 2 heterocycles. The number of nitrogens with one attached hydrogen (secondary N) is 2. The summed E-state index contributed by atoms with van der Waals surface area (Å²) in [5.74, 6) is 0.924. The van der Waals surface area contributed by atoms with Crippen molar-refractivity contribution in [1.82, 2.24) is 20.5 Å². The van der Waals surface area contributed by atoms with Crippen LogP contribution in [0.25, 0.3) is 0 Å². The van der Waals surface area contributed by atoms with Gasteiger partial charge in [-0.05, 0) is 13.5 Å². The van der Waals surface area contributed by atoms with Gasteiger partial charge in [-0.15, -0.1) is 16.4 Å². The Morgan fingerprint density at radius 2 is 2.21 bits per heavy atom. The first-order valence-electron chi connectivity index (χ1n) is 6.40. The van der Waals surface area contributed by atoms with Gasteiger partial charge in [-0.25, -0.2) is 4.98 Å². The normalized spacial score (nSPS) is 14.3. The molecule has 2 N–H and O–H groups in total. The van der Waals surface area contributed by atoms with Crippen LogP contribution in [-0.2, 0) is 0 Å². The fraction of sp³-hybridized carbons (Fsp3) is 0.583. The Hall–Kier alpha value is -1.47. The van der Waals surface area contributed by atoms with E-state index < -0.39 is 0 Å². The topological polar surface area (TPSA) is 75.9 Å². The smallest absolute Gasteiger partial charge is 0.315 e. The summed E-state index contributed by atoms with van der Waals surface area (Å²) >= 11 is 1.66. The second-order valence-electron chi connectivity index (χ2n) is 4.38. The molecule has 0 saturated carbocycles. The zero-order valence-electron chi connectivity index (χ0n) is 11.4. The lowest BCUT2D eigenvalue weighted by Crippen LogP contribution is -2.17. The van der Waals surface area contributed by atoms with Gasteiger partial charge in [0.1, 0.15) is 0 Å². The van der Waals surface area contributed by atoms with Gasteiger partial charge in [0.15, 0.2) is 0 Å². The highest BCUT2D eigenvalue weighted by Gasteiger charge is 2.14. The van der Waals surface area contributed by atoms with E-state index in [4.69, 9.17) is 4.42 Å². The maximum Gasteiger partial charge on any atom is 0.315 e. The van der Waals surface area contributed by atoms with Crippen molar-refractivity contribution in [1.29, 1.82) is 0 Å². The lowest BCUT2D eigenvalue weighted by Gasteiger charge is -2.08. The Kier molecular flexibility index (Phi) is 4.86. The van der Waals surface area contributed by atoms with E-state index in [1.165, 1.54) is 0 Å². The predicted molar refractivity (Wildman–Crippen MR) is 75.4 cm³/mol. The molecule has 0 aliphatic rings. The third-order valence-corrected chi connectivity index (χ3v) is 3.76. The first kappa shape index (κ1) is 14.0. The highest BCUT2D eigenvalue weighted by Crippen LogP contribution is 2.19. The van der Waals surface area contributed by atoms with Crippen molar-refractivity contribution in [2.75, 3.05) is 18.4 Å². The zero-order chi connectivity index (χ0) is 13.7. The SMILES string of the molecule is CCNC(C)c1nnc(NCC(C)c2nccs2)o1. The maximum absolute atomic E-state index is 5.55. The zero-order valence-corrected chi connectivity index (χ0v) is 12.2. The highest BCUT2D eigenvalue weighted by molar-refractivity contribution is 7.09. The van der Waals surface area contributed by atoms with E-state index in [2.05, 4.69) is 32.7 Å². The lowest BCUT2D eigenvalue weighted by atomic mass is 10.2. The van der Waals surface area contributed by atoms with Crippen LogP contribution in [0.1, 0.15) is 43.6 Å². The number of nitrogens with zero attached hydrogens (tertiary/aromatic N) is 3. The third kappa shape index (κ3) is 3.74. The fourth-order valence-corrected chi connectivity index (χ4v) is 2.38. The summed E-state index contributed by atoms with van der Waals surface area (Å²) in [6, 6.07) is 0.535. The van der Waals surface area contributed by atoms with Crippen molar-refractivity contribution in [2.45, 2.75) is 32.7 Å². The van der Waals surface area contributed by atoms with Gasteiger partial charge in [-0.2, -0.15) is 0 Å². The van der Waals surface area contributed by atoms with E-state index in [0.717, 1.165) is 18.1 Å². The summed E-state index contributed by atoms with van der Waals surface area (Å²) in [4.78, 5) is 4.29. The summed E-state index contributed by atoms with van der Waals surface area (Å²) < 4.78 is 5.55. The molecule has 2 aromatic rings. The molecule has 19 heavy (non-hydrogen) atoms.